The number of aromatic nitrogens is 1. The number of hydrogen-bond donors (Lipinski definition) is 2. The monoisotopic (exact) mass is 352 g/mol. The summed E-state index contributed by atoms with van der Waals surface area (Å²) in [5, 5.41) is 15.4. The second-order valence-corrected chi connectivity index (χ2v) is 5.84. The van der Waals surface area contributed by atoms with Crippen molar-refractivity contribution in [3.8, 4) is 11.5 Å². The summed E-state index contributed by atoms with van der Waals surface area (Å²) in [5.74, 6) is 0.767. The number of nitrogens with zero attached hydrogens (tertiary/aromatic N) is 1. The third-order valence-corrected chi connectivity index (χ3v) is 4.13. The van der Waals surface area contributed by atoms with Crippen LogP contribution in [0.15, 0.2) is 23.6 Å². The van der Waals surface area contributed by atoms with Crippen LogP contribution in [0.1, 0.15) is 27.2 Å². The lowest BCUT2D eigenvalue weighted by molar-refractivity contribution is 0.0909. The number of nitrogens with one attached hydrogen (secondary N) is 1. The first-order valence-electron chi connectivity index (χ1n) is 7.20. The van der Waals surface area contributed by atoms with Gasteiger partial charge in [0.15, 0.2) is 0 Å². The molecule has 0 saturated heterocycles. The first-order chi connectivity index (χ1) is 11.6. The van der Waals surface area contributed by atoms with Crippen molar-refractivity contribution in [3.05, 3.63) is 39.8 Å². The molecule has 0 radical (unpaired) electrons. The Morgan fingerprint density at radius 2 is 2.12 bits per heavy atom. The molecule has 2 aromatic rings. The molecule has 0 fully saturated rings. The van der Waals surface area contributed by atoms with Gasteiger partial charge in [-0.3, -0.25) is 4.79 Å². The summed E-state index contributed by atoms with van der Waals surface area (Å²) >= 11 is 1.35. The summed E-state index contributed by atoms with van der Waals surface area (Å²) in [6.45, 7) is 0.390. The fraction of sp³-hybridized carbons (Fsp3) is 0.375. The minimum Gasteiger partial charge on any atom is -0.497 e. The molecule has 0 saturated carbocycles. The molecule has 1 unspecified atom stereocenters. The van der Waals surface area contributed by atoms with Crippen molar-refractivity contribution >= 4 is 17.2 Å². The Morgan fingerprint density at radius 1 is 1.33 bits per heavy atom. The molecule has 0 aliphatic carbocycles. The van der Waals surface area contributed by atoms with Crippen LogP contribution in [-0.4, -0.2) is 43.9 Å². The fourth-order valence-corrected chi connectivity index (χ4v) is 2.84. The average molecular weight is 352 g/mol. The Morgan fingerprint density at radius 3 is 2.79 bits per heavy atom. The number of carbonyl (C=O) groups excluding carboxylic acids is 1. The Labute approximate surface area is 144 Å². The Kier molecular flexibility index (Phi) is 6.53. The summed E-state index contributed by atoms with van der Waals surface area (Å²) in [5.41, 5.74) is 0.840. The Hall–Kier alpha value is -2.16. The molecule has 7 nitrogen and oxygen atoms in total. The molecular weight excluding hydrogens is 332 g/mol. The number of hydrogen-bond acceptors (Lipinski definition) is 7. The number of ether oxygens (including phenoxy) is 3. The molecular formula is C16H20N2O5S. The molecule has 0 aliphatic rings. The van der Waals surface area contributed by atoms with Gasteiger partial charge < -0.3 is 24.6 Å². The van der Waals surface area contributed by atoms with E-state index in [0.717, 1.165) is 5.01 Å². The van der Waals surface area contributed by atoms with Gasteiger partial charge in [0.05, 0.1) is 20.8 Å². The van der Waals surface area contributed by atoms with Crippen LogP contribution in [0.25, 0.3) is 0 Å². The lowest BCUT2D eigenvalue weighted by Gasteiger charge is -2.16. The quantitative estimate of drug-likeness (QED) is 0.753. The molecule has 2 N–H and O–H groups in total. The second-order valence-electron chi connectivity index (χ2n) is 4.89. The van der Waals surface area contributed by atoms with Gasteiger partial charge in [-0.25, -0.2) is 4.98 Å². The SMILES string of the molecule is COCc1nc(C(=O)NCC(O)c2cc(OC)ccc2OC)cs1. The summed E-state index contributed by atoms with van der Waals surface area (Å²) in [4.78, 5) is 16.3. The maximum Gasteiger partial charge on any atom is 0.270 e. The van der Waals surface area contributed by atoms with E-state index in [0.29, 0.717) is 29.4 Å². The predicted molar refractivity (Wildman–Crippen MR) is 89.7 cm³/mol. The molecule has 130 valence electrons. The van der Waals surface area contributed by atoms with Gasteiger partial charge in [-0.05, 0) is 18.2 Å². The van der Waals surface area contributed by atoms with E-state index in [1.54, 1.807) is 37.8 Å². The molecule has 1 aromatic carbocycles. The highest BCUT2D eigenvalue weighted by Gasteiger charge is 2.17. The molecule has 0 aliphatic heterocycles. The summed E-state index contributed by atoms with van der Waals surface area (Å²) in [6, 6.07) is 5.12. The van der Waals surface area contributed by atoms with Crippen LogP contribution in [0, 0.1) is 0 Å². The van der Waals surface area contributed by atoms with Crippen LogP contribution in [0.4, 0.5) is 0 Å². The molecule has 1 aromatic heterocycles. The van der Waals surface area contributed by atoms with Crippen LogP contribution in [0.5, 0.6) is 11.5 Å². The van der Waals surface area contributed by atoms with Crippen molar-refractivity contribution in [2.24, 2.45) is 0 Å². The third kappa shape index (κ3) is 4.44. The van der Waals surface area contributed by atoms with E-state index in [1.165, 1.54) is 18.4 Å². The molecule has 2 rings (SSSR count). The smallest absolute Gasteiger partial charge is 0.270 e. The molecule has 1 atom stereocenters. The molecule has 8 heteroatoms. The molecule has 1 heterocycles. The lowest BCUT2D eigenvalue weighted by atomic mass is 10.1. The highest BCUT2D eigenvalue weighted by atomic mass is 32.1. The van der Waals surface area contributed by atoms with Crippen LogP contribution in [-0.2, 0) is 11.3 Å². The van der Waals surface area contributed by atoms with E-state index in [4.69, 9.17) is 14.2 Å². The van der Waals surface area contributed by atoms with Crippen LogP contribution >= 0.6 is 11.3 Å². The van der Waals surface area contributed by atoms with E-state index in [9.17, 15) is 9.90 Å². The van der Waals surface area contributed by atoms with E-state index in [1.807, 2.05) is 0 Å². The topological polar surface area (TPSA) is 89.9 Å². The zero-order valence-corrected chi connectivity index (χ0v) is 14.6. The van der Waals surface area contributed by atoms with Gasteiger partial charge in [0.1, 0.15) is 28.3 Å². The van der Waals surface area contributed by atoms with E-state index < -0.39 is 6.10 Å². The van der Waals surface area contributed by atoms with Crippen molar-refractivity contribution in [2.45, 2.75) is 12.7 Å². The van der Waals surface area contributed by atoms with Gasteiger partial charge in [-0.1, -0.05) is 0 Å². The van der Waals surface area contributed by atoms with E-state index in [2.05, 4.69) is 10.3 Å². The molecule has 0 bridgehead atoms. The zero-order valence-electron chi connectivity index (χ0n) is 13.7. The minimum atomic E-state index is -0.934. The number of rotatable bonds is 8. The van der Waals surface area contributed by atoms with Crippen LogP contribution in [0.3, 0.4) is 0 Å². The highest BCUT2D eigenvalue weighted by molar-refractivity contribution is 7.09. The first-order valence-corrected chi connectivity index (χ1v) is 8.08. The van der Waals surface area contributed by atoms with Crippen molar-refractivity contribution in [3.63, 3.8) is 0 Å². The summed E-state index contributed by atoms with van der Waals surface area (Å²) < 4.78 is 15.4. The first kappa shape index (κ1) is 18.2. The minimum absolute atomic E-state index is 0.0273. The largest absolute Gasteiger partial charge is 0.497 e. The second kappa shape index (κ2) is 8.62. The maximum absolute atomic E-state index is 12.1. The van der Waals surface area contributed by atoms with Gasteiger partial charge in [-0.15, -0.1) is 11.3 Å². The molecule has 1 amide bonds. The number of benzene rings is 1. The van der Waals surface area contributed by atoms with E-state index in [-0.39, 0.29) is 12.5 Å². The third-order valence-electron chi connectivity index (χ3n) is 3.30. The van der Waals surface area contributed by atoms with Gasteiger partial charge in [-0.2, -0.15) is 0 Å². The van der Waals surface area contributed by atoms with Crippen molar-refractivity contribution < 1.29 is 24.1 Å². The van der Waals surface area contributed by atoms with Crippen molar-refractivity contribution in [1.82, 2.24) is 10.3 Å². The van der Waals surface area contributed by atoms with Crippen molar-refractivity contribution in [2.75, 3.05) is 27.9 Å². The number of thiazole rings is 1. The lowest BCUT2D eigenvalue weighted by Crippen LogP contribution is -2.28. The Balaban J connectivity index is 2.01. The number of aliphatic hydroxyl groups is 1. The summed E-state index contributed by atoms with van der Waals surface area (Å²) in [6.07, 6.45) is -0.934. The molecule has 0 spiro atoms. The van der Waals surface area contributed by atoms with Gasteiger partial charge in [0.25, 0.3) is 5.91 Å². The van der Waals surface area contributed by atoms with Crippen LogP contribution in [0.2, 0.25) is 0 Å². The van der Waals surface area contributed by atoms with Crippen LogP contribution < -0.4 is 14.8 Å². The summed E-state index contributed by atoms with van der Waals surface area (Å²) in [7, 11) is 4.63. The average Bonchev–Trinajstić information content (AvgIpc) is 3.07. The maximum atomic E-state index is 12.1. The van der Waals surface area contributed by atoms with Gasteiger partial charge >= 0.3 is 0 Å². The highest BCUT2D eigenvalue weighted by Crippen LogP contribution is 2.29. The van der Waals surface area contributed by atoms with Crippen molar-refractivity contribution in [1.29, 1.82) is 0 Å². The normalized spacial score (nSPS) is 11.8. The number of aliphatic hydroxyl groups excluding tert-OH is 1. The van der Waals surface area contributed by atoms with Gasteiger partial charge in [0, 0.05) is 24.6 Å². The predicted octanol–water partition coefficient (Wildman–Crippen LogP) is 1.77. The molecule has 24 heavy (non-hydrogen) atoms. The fourth-order valence-electron chi connectivity index (χ4n) is 2.09. The standard InChI is InChI=1S/C16H20N2O5S/c1-21-8-15-18-12(9-24-15)16(20)17-7-13(19)11-6-10(22-2)4-5-14(11)23-3/h4-6,9,13,19H,7-8H2,1-3H3,(H,17,20). The number of amides is 1. The van der Waals surface area contributed by atoms with Gasteiger partial charge in [0.2, 0.25) is 0 Å². The number of carbonyl (C=O) groups is 1. The van der Waals surface area contributed by atoms with E-state index >= 15 is 0 Å². The zero-order chi connectivity index (χ0) is 17.5. The number of methoxy groups -OCH3 is 3. The Bertz CT molecular complexity index is 689.